The van der Waals surface area contributed by atoms with Crippen LogP contribution in [0.25, 0.3) is 11.3 Å². The second-order valence-corrected chi connectivity index (χ2v) is 7.49. The maximum atomic E-state index is 13.3. The lowest BCUT2D eigenvalue weighted by atomic mass is 9.92. The van der Waals surface area contributed by atoms with Crippen molar-refractivity contribution < 1.29 is 4.39 Å². The Morgan fingerprint density at radius 2 is 1.87 bits per heavy atom. The number of halogens is 1. The van der Waals surface area contributed by atoms with Gasteiger partial charge in [0, 0.05) is 30.5 Å². The molecule has 4 rings (SSSR count). The molecule has 0 aliphatic carbocycles. The van der Waals surface area contributed by atoms with E-state index in [1.54, 1.807) is 36.5 Å². The largest absolute Gasteiger partial charge is 0.355 e. The van der Waals surface area contributed by atoms with Crippen LogP contribution in [0, 0.1) is 34.4 Å². The van der Waals surface area contributed by atoms with Gasteiger partial charge in [0.15, 0.2) is 0 Å². The summed E-state index contributed by atoms with van der Waals surface area (Å²) in [5.74, 6) is 0.779. The van der Waals surface area contributed by atoms with Crippen molar-refractivity contribution in [3.8, 4) is 23.4 Å². The van der Waals surface area contributed by atoms with E-state index in [-0.39, 0.29) is 5.82 Å². The SMILES string of the molecule is N#Cc1ccc(CC2CCCN(c3nc(-c4ccc(F)cc4)ccc3C#N)C2)nc1. The number of hydrogen-bond donors (Lipinski definition) is 0. The Labute approximate surface area is 175 Å². The number of aromatic nitrogens is 2. The van der Waals surface area contributed by atoms with E-state index in [1.807, 2.05) is 6.07 Å². The zero-order valence-electron chi connectivity index (χ0n) is 16.4. The highest BCUT2D eigenvalue weighted by Crippen LogP contribution is 2.29. The molecule has 1 aromatic carbocycles. The first-order valence-corrected chi connectivity index (χ1v) is 9.93. The zero-order chi connectivity index (χ0) is 20.9. The first kappa shape index (κ1) is 19.5. The van der Waals surface area contributed by atoms with Crippen molar-refractivity contribution in [3.63, 3.8) is 0 Å². The lowest BCUT2D eigenvalue weighted by molar-refractivity contribution is 0.408. The van der Waals surface area contributed by atoms with Gasteiger partial charge in [0.2, 0.25) is 0 Å². The van der Waals surface area contributed by atoms with E-state index < -0.39 is 0 Å². The maximum absolute atomic E-state index is 13.3. The second-order valence-electron chi connectivity index (χ2n) is 7.49. The first-order chi connectivity index (χ1) is 14.7. The number of hydrogen-bond acceptors (Lipinski definition) is 5. The summed E-state index contributed by atoms with van der Waals surface area (Å²) in [7, 11) is 0. The van der Waals surface area contributed by atoms with Crippen molar-refractivity contribution in [1.82, 2.24) is 9.97 Å². The Morgan fingerprint density at radius 1 is 1.03 bits per heavy atom. The fraction of sp³-hybridized carbons (Fsp3) is 0.250. The molecule has 1 saturated heterocycles. The van der Waals surface area contributed by atoms with E-state index in [0.29, 0.717) is 22.9 Å². The van der Waals surface area contributed by atoms with Gasteiger partial charge in [-0.2, -0.15) is 10.5 Å². The van der Waals surface area contributed by atoms with Crippen LogP contribution in [0.15, 0.2) is 54.7 Å². The molecule has 6 heteroatoms. The zero-order valence-corrected chi connectivity index (χ0v) is 16.4. The normalized spacial score (nSPS) is 16.0. The molecular formula is C24H20FN5. The lowest BCUT2D eigenvalue weighted by Gasteiger charge is -2.34. The fourth-order valence-electron chi connectivity index (χ4n) is 3.89. The van der Waals surface area contributed by atoms with Crippen LogP contribution in [0.2, 0.25) is 0 Å². The number of benzene rings is 1. The van der Waals surface area contributed by atoms with Crippen molar-refractivity contribution in [2.45, 2.75) is 19.3 Å². The van der Waals surface area contributed by atoms with Gasteiger partial charge >= 0.3 is 0 Å². The molecule has 30 heavy (non-hydrogen) atoms. The predicted molar refractivity (Wildman–Crippen MR) is 112 cm³/mol. The van der Waals surface area contributed by atoms with E-state index in [0.717, 1.165) is 49.3 Å². The Morgan fingerprint density at radius 3 is 2.57 bits per heavy atom. The van der Waals surface area contributed by atoms with E-state index >= 15 is 0 Å². The molecule has 1 aliphatic rings. The summed E-state index contributed by atoms with van der Waals surface area (Å²) >= 11 is 0. The Bertz CT molecular complexity index is 1110. The first-order valence-electron chi connectivity index (χ1n) is 9.93. The molecule has 0 amide bonds. The molecule has 5 nitrogen and oxygen atoms in total. The van der Waals surface area contributed by atoms with Crippen molar-refractivity contribution in [2.75, 3.05) is 18.0 Å². The van der Waals surface area contributed by atoms with Crippen molar-refractivity contribution in [1.29, 1.82) is 10.5 Å². The highest BCUT2D eigenvalue weighted by atomic mass is 19.1. The number of anilines is 1. The Hall–Kier alpha value is -3.77. The molecule has 3 heterocycles. The van der Waals surface area contributed by atoms with Crippen LogP contribution in [-0.2, 0) is 6.42 Å². The molecule has 0 saturated carbocycles. The molecule has 0 spiro atoms. The predicted octanol–water partition coefficient (Wildman–Crippen LogP) is 4.49. The van der Waals surface area contributed by atoms with Gasteiger partial charge < -0.3 is 4.90 Å². The molecular weight excluding hydrogens is 377 g/mol. The second kappa shape index (κ2) is 8.71. The number of nitrogens with zero attached hydrogens (tertiary/aromatic N) is 5. The van der Waals surface area contributed by atoms with Crippen LogP contribution in [0.4, 0.5) is 10.2 Å². The summed E-state index contributed by atoms with van der Waals surface area (Å²) in [5.41, 5.74) is 3.61. The molecule has 0 radical (unpaired) electrons. The third kappa shape index (κ3) is 4.29. The maximum Gasteiger partial charge on any atom is 0.147 e. The van der Waals surface area contributed by atoms with E-state index in [2.05, 4.69) is 22.0 Å². The Kier molecular flexibility index (Phi) is 5.68. The average Bonchev–Trinajstić information content (AvgIpc) is 2.80. The molecule has 1 unspecified atom stereocenters. The summed E-state index contributed by atoms with van der Waals surface area (Å²) in [6.07, 6.45) is 4.52. The van der Waals surface area contributed by atoms with Crippen LogP contribution < -0.4 is 4.90 Å². The summed E-state index contributed by atoms with van der Waals surface area (Å²) in [4.78, 5) is 11.3. The molecule has 1 aliphatic heterocycles. The summed E-state index contributed by atoms with van der Waals surface area (Å²) in [5, 5.41) is 18.5. The van der Waals surface area contributed by atoms with Gasteiger partial charge in [-0.25, -0.2) is 9.37 Å². The average molecular weight is 397 g/mol. The topological polar surface area (TPSA) is 76.6 Å². The number of pyridine rings is 2. The summed E-state index contributed by atoms with van der Waals surface area (Å²) in [6, 6.07) is 17.9. The summed E-state index contributed by atoms with van der Waals surface area (Å²) < 4.78 is 13.3. The van der Waals surface area contributed by atoms with Crippen molar-refractivity contribution in [2.24, 2.45) is 5.92 Å². The Balaban J connectivity index is 1.56. The third-order valence-corrected chi connectivity index (χ3v) is 5.41. The molecule has 148 valence electrons. The van der Waals surface area contributed by atoms with E-state index in [4.69, 9.17) is 10.2 Å². The molecule has 3 aromatic rings. The molecule has 0 N–H and O–H groups in total. The van der Waals surface area contributed by atoms with Crippen LogP contribution in [0.3, 0.4) is 0 Å². The van der Waals surface area contributed by atoms with Gasteiger partial charge in [-0.1, -0.05) is 0 Å². The van der Waals surface area contributed by atoms with Gasteiger partial charge in [0.25, 0.3) is 0 Å². The highest BCUT2D eigenvalue weighted by molar-refractivity contribution is 5.65. The van der Waals surface area contributed by atoms with E-state index in [1.165, 1.54) is 12.1 Å². The van der Waals surface area contributed by atoms with Crippen LogP contribution >= 0.6 is 0 Å². The van der Waals surface area contributed by atoms with E-state index in [9.17, 15) is 9.65 Å². The minimum atomic E-state index is -0.289. The van der Waals surface area contributed by atoms with Crippen LogP contribution in [0.5, 0.6) is 0 Å². The molecule has 1 fully saturated rings. The highest BCUT2D eigenvalue weighted by Gasteiger charge is 2.24. The van der Waals surface area contributed by atoms with Crippen molar-refractivity contribution in [3.05, 3.63) is 77.4 Å². The minimum Gasteiger partial charge on any atom is -0.355 e. The summed E-state index contributed by atoms with van der Waals surface area (Å²) in [6.45, 7) is 1.63. The van der Waals surface area contributed by atoms with Gasteiger partial charge in [-0.3, -0.25) is 4.98 Å². The lowest BCUT2D eigenvalue weighted by Crippen LogP contribution is -2.37. The minimum absolute atomic E-state index is 0.289. The molecule has 2 aromatic heterocycles. The smallest absolute Gasteiger partial charge is 0.147 e. The van der Waals surface area contributed by atoms with Gasteiger partial charge in [0.1, 0.15) is 23.8 Å². The van der Waals surface area contributed by atoms with Gasteiger partial charge in [-0.05, 0) is 73.7 Å². The van der Waals surface area contributed by atoms with Gasteiger partial charge in [-0.15, -0.1) is 0 Å². The number of piperidine rings is 1. The van der Waals surface area contributed by atoms with Gasteiger partial charge in [0.05, 0.1) is 16.8 Å². The molecule has 1 atom stereocenters. The van der Waals surface area contributed by atoms with Crippen molar-refractivity contribution >= 4 is 5.82 Å². The standard InChI is InChI=1S/C24H20FN5/c25-21-7-4-19(5-8-21)23-10-6-20(14-27)24(29-23)30-11-1-2-17(16-30)12-22-9-3-18(13-26)15-28-22/h3-10,15,17H,1-2,11-12,16H2. The number of rotatable bonds is 4. The third-order valence-electron chi connectivity index (χ3n) is 5.41. The van der Waals surface area contributed by atoms with Crippen LogP contribution in [0.1, 0.15) is 29.7 Å². The quantitative estimate of drug-likeness (QED) is 0.648. The molecule has 0 bridgehead atoms. The van der Waals surface area contributed by atoms with Crippen LogP contribution in [-0.4, -0.2) is 23.1 Å². The fourth-order valence-corrected chi connectivity index (χ4v) is 3.89. The monoisotopic (exact) mass is 397 g/mol. The number of nitriles is 2.